The number of sulfonamides is 1. The van der Waals surface area contributed by atoms with E-state index in [1.165, 1.54) is 6.07 Å². The van der Waals surface area contributed by atoms with Crippen LogP contribution in [-0.2, 0) is 10.0 Å². The number of pyridine rings is 1. The van der Waals surface area contributed by atoms with Crippen molar-refractivity contribution in [3.05, 3.63) is 48.0 Å². The van der Waals surface area contributed by atoms with Gasteiger partial charge in [0.05, 0.1) is 6.20 Å². The van der Waals surface area contributed by atoms with Crippen LogP contribution in [0.25, 0.3) is 0 Å². The number of nitrogens with two attached hydrogens (primary N) is 1. The van der Waals surface area contributed by atoms with Crippen LogP contribution < -0.4 is 10.5 Å². The molecule has 1 aromatic heterocycles. The number of halogens is 1. The van der Waals surface area contributed by atoms with E-state index >= 15 is 0 Å². The second-order valence-corrected chi connectivity index (χ2v) is 5.70. The van der Waals surface area contributed by atoms with Gasteiger partial charge in [-0.05, 0) is 36.8 Å². The van der Waals surface area contributed by atoms with Crippen molar-refractivity contribution in [2.75, 3.05) is 10.5 Å². The van der Waals surface area contributed by atoms with E-state index in [-0.39, 0.29) is 4.90 Å². The van der Waals surface area contributed by atoms with Gasteiger partial charge in [0.1, 0.15) is 10.7 Å². The molecule has 0 aliphatic heterocycles. The molecule has 5 nitrogen and oxygen atoms in total. The average Bonchev–Trinajstić information content (AvgIpc) is 2.33. The summed E-state index contributed by atoms with van der Waals surface area (Å²) in [5.41, 5.74) is 7.32. The summed E-state index contributed by atoms with van der Waals surface area (Å²) in [5.74, 6) is -0.712. The Bertz CT molecular complexity index is 717. The summed E-state index contributed by atoms with van der Waals surface area (Å²) >= 11 is 0. The van der Waals surface area contributed by atoms with Crippen LogP contribution in [0.2, 0.25) is 0 Å². The highest BCUT2D eigenvalue weighted by Crippen LogP contribution is 2.20. The molecule has 1 aromatic carbocycles. The summed E-state index contributed by atoms with van der Waals surface area (Å²) in [6, 6.07) is 5.63. The molecular weight excluding hydrogens is 269 g/mol. The van der Waals surface area contributed by atoms with Gasteiger partial charge in [0.15, 0.2) is 0 Å². The van der Waals surface area contributed by atoms with Crippen molar-refractivity contribution in [2.24, 2.45) is 0 Å². The second-order valence-electron chi connectivity index (χ2n) is 4.02. The number of rotatable bonds is 3. The van der Waals surface area contributed by atoms with E-state index in [9.17, 15) is 12.8 Å². The lowest BCUT2D eigenvalue weighted by molar-refractivity contribution is 0.592. The maximum Gasteiger partial charge on any atom is 0.263 e. The molecule has 0 amide bonds. The van der Waals surface area contributed by atoms with Crippen molar-refractivity contribution in [3.63, 3.8) is 0 Å². The van der Waals surface area contributed by atoms with Crippen LogP contribution in [0.4, 0.5) is 15.8 Å². The number of aryl methyl sites for hydroxylation is 1. The number of nitrogens with zero attached hydrogens (tertiary/aromatic N) is 1. The highest BCUT2D eigenvalue weighted by atomic mass is 32.2. The van der Waals surface area contributed by atoms with Gasteiger partial charge in [-0.25, -0.2) is 12.8 Å². The van der Waals surface area contributed by atoms with Gasteiger partial charge in [-0.1, -0.05) is 0 Å². The van der Waals surface area contributed by atoms with Gasteiger partial charge in [0.2, 0.25) is 0 Å². The van der Waals surface area contributed by atoms with Gasteiger partial charge in [0, 0.05) is 17.6 Å². The van der Waals surface area contributed by atoms with E-state index in [4.69, 9.17) is 5.73 Å². The van der Waals surface area contributed by atoms with E-state index in [1.807, 2.05) is 0 Å². The molecule has 0 aliphatic carbocycles. The second kappa shape index (κ2) is 4.85. The summed E-state index contributed by atoms with van der Waals surface area (Å²) in [6.45, 7) is 1.76. The highest BCUT2D eigenvalue weighted by molar-refractivity contribution is 7.92. The standard InChI is InChI=1S/C12H12FN3O2S/c1-8-4-10(2-3-12(8)14)16-19(17,18)11-5-9(13)6-15-7-11/h2-7,16H,14H2,1H3. The lowest BCUT2D eigenvalue weighted by Crippen LogP contribution is -2.13. The average molecular weight is 281 g/mol. The SMILES string of the molecule is Cc1cc(NS(=O)(=O)c2cncc(F)c2)ccc1N. The zero-order valence-corrected chi connectivity index (χ0v) is 10.9. The van der Waals surface area contributed by atoms with Gasteiger partial charge < -0.3 is 5.73 Å². The van der Waals surface area contributed by atoms with Crippen molar-refractivity contribution >= 4 is 21.4 Å². The Balaban J connectivity index is 2.33. The third-order valence-electron chi connectivity index (χ3n) is 2.51. The summed E-state index contributed by atoms with van der Waals surface area (Å²) in [6.07, 6.45) is 2.02. The first-order chi connectivity index (χ1) is 8.88. The predicted octanol–water partition coefficient (Wildman–Crippen LogP) is 1.91. The minimum atomic E-state index is -3.86. The molecule has 3 N–H and O–H groups in total. The van der Waals surface area contributed by atoms with Crippen molar-refractivity contribution in [1.82, 2.24) is 4.98 Å². The lowest BCUT2D eigenvalue weighted by Gasteiger charge is -2.09. The Morgan fingerprint density at radius 2 is 2.00 bits per heavy atom. The fraction of sp³-hybridized carbons (Fsp3) is 0.0833. The number of anilines is 2. The monoisotopic (exact) mass is 281 g/mol. The van der Waals surface area contributed by atoms with E-state index in [0.717, 1.165) is 24.0 Å². The summed E-state index contributed by atoms with van der Waals surface area (Å²) in [4.78, 5) is 3.28. The van der Waals surface area contributed by atoms with Gasteiger partial charge >= 0.3 is 0 Å². The number of aromatic nitrogens is 1. The molecule has 0 spiro atoms. The Hall–Kier alpha value is -2.15. The first-order valence-corrected chi connectivity index (χ1v) is 6.86. The van der Waals surface area contributed by atoms with Crippen molar-refractivity contribution < 1.29 is 12.8 Å². The molecular formula is C12H12FN3O2S. The summed E-state index contributed by atoms with van der Waals surface area (Å²) < 4.78 is 39.3. The van der Waals surface area contributed by atoms with E-state index in [2.05, 4.69) is 9.71 Å². The van der Waals surface area contributed by atoms with Gasteiger partial charge in [-0.2, -0.15) is 0 Å². The first-order valence-electron chi connectivity index (χ1n) is 5.38. The third kappa shape index (κ3) is 3.00. The molecule has 2 aromatic rings. The number of hydrogen-bond acceptors (Lipinski definition) is 4. The fourth-order valence-corrected chi connectivity index (χ4v) is 2.52. The Morgan fingerprint density at radius 1 is 1.26 bits per heavy atom. The third-order valence-corrected chi connectivity index (χ3v) is 3.86. The Kier molecular flexibility index (Phi) is 3.39. The van der Waals surface area contributed by atoms with E-state index in [1.54, 1.807) is 19.1 Å². The molecule has 0 aliphatic rings. The van der Waals surface area contributed by atoms with Crippen LogP contribution in [0.3, 0.4) is 0 Å². The number of nitrogen functional groups attached to an aromatic ring is 1. The minimum absolute atomic E-state index is 0.234. The normalized spacial score (nSPS) is 11.3. The van der Waals surface area contributed by atoms with Gasteiger partial charge in [-0.3, -0.25) is 9.71 Å². The van der Waals surface area contributed by atoms with Crippen LogP contribution in [0.15, 0.2) is 41.6 Å². The van der Waals surface area contributed by atoms with E-state index in [0.29, 0.717) is 11.4 Å². The van der Waals surface area contributed by atoms with Gasteiger partial charge in [-0.15, -0.1) is 0 Å². The molecule has 1 heterocycles. The fourth-order valence-electron chi connectivity index (χ4n) is 1.49. The molecule has 7 heteroatoms. The van der Waals surface area contributed by atoms with Crippen molar-refractivity contribution in [1.29, 1.82) is 0 Å². The van der Waals surface area contributed by atoms with Gasteiger partial charge in [0.25, 0.3) is 10.0 Å². The predicted molar refractivity (Wildman–Crippen MR) is 70.6 cm³/mol. The van der Waals surface area contributed by atoms with Crippen LogP contribution >= 0.6 is 0 Å². The van der Waals surface area contributed by atoms with Crippen molar-refractivity contribution in [2.45, 2.75) is 11.8 Å². The number of nitrogens with one attached hydrogen (secondary N) is 1. The molecule has 0 saturated heterocycles. The molecule has 0 unspecified atom stereocenters. The summed E-state index contributed by atoms with van der Waals surface area (Å²) in [5, 5.41) is 0. The molecule has 100 valence electrons. The number of benzene rings is 1. The molecule has 0 fully saturated rings. The first kappa shape index (κ1) is 13.3. The lowest BCUT2D eigenvalue weighted by atomic mass is 10.2. The van der Waals surface area contributed by atoms with Crippen molar-refractivity contribution in [3.8, 4) is 0 Å². The van der Waals surface area contributed by atoms with Crippen LogP contribution in [0.1, 0.15) is 5.56 Å². The number of hydrogen-bond donors (Lipinski definition) is 2. The molecule has 2 rings (SSSR count). The molecule has 0 atom stereocenters. The summed E-state index contributed by atoms with van der Waals surface area (Å²) in [7, 11) is -3.86. The molecule has 0 saturated carbocycles. The smallest absolute Gasteiger partial charge is 0.263 e. The zero-order valence-electron chi connectivity index (χ0n) is 10.1. The molecule has 0 bridgehead atoms. The molecule has 19 heavy (non-hydrogen) atoms. The van der Waals surface area contributed by atoms with Crippen LogP contribution in [-0.4, -0.2) is 13.4 Å². The highest BCUT2D eigenvalue weighted by Gasteiger charge is 2.15. The Morgan fingerprint density at radius 3 is 2.63 bits per heavy atom. The Labute approximate surface area is 110 Å². The maximum absolute atomic E-state index is 13.0. The maximum atomic E-state index is 13.0. The van der Waals surface area contributed by atoms with Crippen LogP contribution in [0.5, 0.6) is 0 Å². The van der Waals surface area contributed by atoms with E-state index < -0.39 is 15.8 Å². The van der Waals surface area contributed by atoms with Crippen LogP contribution in [0, 0.1) is 12.7 Å². The quantitative estimate of drug-likeness (QED) is 0.842. The zero-order chi connectivity index (χ0) is 14.0. The minimum Gasteiger partial charge on any atom is -0.399 e. The molecule has 0 radical (unpaired) electrons. The largest absolute Gasteiger partial charge is 0.399 e. The topological polar surface area (TPSA) is 85.1 Å².